The zero-order chi connectivity index (χ0) is 17.3. The van der Waals surface area contributed by atoms with Gasteiger partial charge in [-0.3, -0.25) is 9.48 Å². The molecule has 0 radical (unpaired) electrons. The Morgan fingerprint density at radius 3 is 2.21 bits per heavy atom. The minimum atomic E-state index is -0.106. The van der Waals surface area contributed by atoms with Gasteiger partial charge in [-0.1, -0.05) is 0 Å². The van der Waals surface area contributed by atoms with Gasteiger partial charge in [0.05, 0.1) is 11.3 Å². The standard InChI is InChI=1S/C18H25N5O/c1-13-17(14(2)22(4)20-13)18(24)19-15-5-7-16(8-6-15)23-11-9-21(3)10-12-23/h5-8H,9-12H2,1-4H3,(H,19,24). The second-order valence-electron chi connectivity index (χ2n) is 6.46. The van der Waals surface area contributed by atoms with Crippen molar-refractivity contribution >= 4 is 17.3 Å². The van der Waals surface area contributed by atoms with Crippen LogP contribution in [0.2, 0.25) is 0 Å². The molecular weight excluding hydrogens is 302 g/mol. The van der Waals surface area contributed by atoms with Gasteiger partial charge in [0.25, 0.3) is 5.91 Å². The number of nitrogens with one attached hydrogen (secondary N) is 1. The predicted octanol–water partition coefficient (Wildman–Crippen LogP) is 2.04. The van der Waals surface area contributed by atoms with Crippen LogP contribution >= 0.6 is 0 Å². The van der Waals surface area contributed by atoms with Gasteiger partial charge in [-0.25, -0.2) is 0 Å². The number of carbonyl (C=O) groups is 1. The van der Waals surface area contributed by atoms with Crippen LogP contribution in [-0.4, -0.2) is 53.8 Å². The van der Waals surface area contributed by atoms with Crippen molar-refractivity contribution < 1.29 is 4.79 Å². The van der Waals surface area contributed by atoms with E-state index in [1.54, 1.807) is 4.68 Å². The molecule has 2 aromatic rings. The molecule has 3 rings (SSSR count). The molecule has 1 fully saturated rings. The number of anilines is 2. The summed E-state index contributed by atoms with van der Waals surface area (Å²) in [4.78, 5) is 17.2. The van der Waals surface area contributed by atoms with Gasteiger partial charge in [-0.2, -0.15) is 5.10 Å². The summed E-state index contributed by atoms with van der Waals surface area (Å²) >= 11 is 0. The molecule has 1 amide bonds. The van der Waals surface area contributed by atoms with E-state index in [9.17, 15) is 4.79 Å². The molecule has 128 valence electrons. The van der Waals surface area contributed by atoms with Crippen LogP contribution in [0.5, 0.6) is 0 Å². The van der Waals surface area contributed by atoms with Crippen molar-refractivity contribution in [2.75, 3.05) is 43.4 Å². The first-order chi connectivity index (χ1) is 11.5. The molecule has 0 unspecified atom stereocenters. The molecule has 1 aromatic heterocycles. The predicted molar refractivity (Wildman–Crippen MR) is 96.8 cm³/mol. The summed E-state index contributed by atoms with van der Waals surface area (Å²) in [6, 6.07) is 8.08. The quantitative estimate of drug-likeness (QED) is 0.937. The molecule has 2 heterocycles. The van der Waals surface area contributed by atoms with Gasteiger partial charge >= 0.3 is 0 Å². The summed E-state index contributed by atoms with van der Waals surface area (Å²) < 4.78 is 1.74. The first-order valence-corrected chi connectivity index (χ1v) is 8.31. The van der Waals surface area contributed by atoms with E-state index in [4.69, 9.17) is 0 Å². The number of rotatable bonds is 3. The highest BCUT2D eigenvalue weighted by Crippen LogP contribution is 2.20. The van der Waals surface area contributed by atoms with Crippen LogP contribution in [-0.2, 0) is 7.05 Å². The minimum absolute atomic E-state index is 0.106. The first kappa shape index (κ1) is 16.5. The number of hydrogen-bond donors (Lipinski definition) is 1. The lowest BCUT2D eigenvalue weighted by molar-refractivity contribution is 0.102. The van der Waals surface area contributed by atoms with Crippen LogP contribution in [0.4, 0.5) is 11.4 Å². The SMILES string of the molecule is Cc1nn(C)c(C)c1C(=O)Nc1ccc(N2CCN(C)CC2)cc1. The summed E-state index contributed by atoms with van der Waals surface area (Å²) in [7, 11) is 4.00. The molecule has 0 spiro atoms. The Hall–Kier alpha value is -2.34. The van der Waals surface area contributed by atoms with Gasteiger partial charge in [0.1, 0.15) is 0 Å². The van der Waals surface area contributed by atoms with E-state index in [0.29, 0.717) is 5.56 Å². The molecule has 24 heavy (non-hydrogen) atoms. The van der Waals surface area contributed by atoms with Crippen molar-refractivity contribution in [3.8, 4) is 0 Å². The molecule has 1 aliphatic heterocycles. The van der Waals surface area contributed by atoms with E-state index in [0.717, 1.165) is 43.3 Å². The van der Waals surface area contributed by atoms with Gasteiger partial charge in [-0.05, 0) is 45.2 Å². The van der Waals surface area contributed by atoms with Gasteiger partial charge in [0.2, 0.25) is 0 Å². The summed E-state index contributed by atoms with van der Waals surface area (Å²) in [5.41, 5.74) is 4.29. The zero-order valence-corrected chi connectivity index (χ0v) is 14.8. The van der Waals surface area contributed by atoms with Crippen molar-refractivity contribution in [1.82, 2.24) is 14.7 Å². The molecule has 1 aromatic carbocycles. The van der Waals surface area contributed by atoms with Gasteiger partial charge < -0.3 is 15.1 Å². The molecule has 1 saturated heterocycles. The Morgan fingerprint density at radius 2 is 1.67 bits per heavy atom. The molecule has 1 aliphatic rings. The van der Waals surface area contributed by atoms with Crippen molar-refractivity contribution in [3.05, 3.63) is 41.2 Å². The summed E-state index contributed by atoms with van der Waals surface area (Å²) in [5, 5.41) is 7.27. The molecule has 6 nitrogen and oxygen atoms in total. The Morgan fingerprint density at radius 1 is 1.04 bits per heavy atom. The lowest BCUT2D eigenvalue weighted by Crippen LogP contribution is -2.44. The van der Waals surface area contributed by atoms with E-state index >= 15 is 0 Å². The highest BCUT2D eigenvalue weighted by molar-refractivity contribution is 6.05. The summed E-state index contributed by atoms with van der Waals surface area (Å²) in [6.07, 6.45) is 0. The molecule has 1 N–H and O–H groups in total. The van der Waals surface area contributed by atoms with Crippen LogP contribution in [0.15, 0.2) is 24.3 Å². The Balaban J connectivity index is 1.69. The molecular formula is C18H25N5O. The monoisotopic (exact) mass is 327 g/mol. The third-order valence-corrected chi connectivity index (χ3v) is 4.73. The fraction of sp³-hybridized carbons (Fsp3) is 0.444. The van der Waals surface area contributed by atoms with Gasteiger partial charge in [0, 0.05) is 50.3 Å². The Labute approximate surface area is 143 Å². The average molecular weight is 327 g/mol. The number of nitrogens with zero attached hydrogens (tertiary/aromatic N) is 4. The summed E-state index contributed by atoms with van der Waals surface area (Å²) in [5.74, 6) is -0.106. The molecule has 0 aliphatic carbocycles. The van der Waals surface area contributed by atoms with Crippen LogP contribution in [0.3, 0.4) is 0 Å². The van der Waals surface area contributed by atoms with Crippen molar-refractivity contribution in [2.24, 2.45) is 7.05 Å². The summed E-state index contributed by atoms with van der Waals surface area (Å²) in [6.45, 7) is 8.01. The van der Waals surface area contributed by atoms with E-state index in [-0.39, 0.29) is 5.91 Å². The third-order valence-electron chi connectivity index (χ3n) is 4.73. The lowest BCUT2D eigenvalue weighted by atomic mass is 10.1. The van der Waals surface area contributed by atoms with Crippen LogP contribution < -0.4 is 10.2 Å². The number of amides is 1. The molecule has 0 bridgehead atoms. The van der Waals surface area contributed by atoms with E-state index in [2.05, 4.69) is 39.4 Å². The minimum Gasteiger partial charge on any atom is -0.369 e. The largest absolute Gasteiger partial charge is 0.369 e. The maximum Gasteiger partial charge on any atom is 0.259 e. The molecule has 6 heteroatoms. The van der Waals surface area contributed by atoms with E-state index in [1.807, 2.05) is 33.0 Å². The highest BCUT2D eigenvalue weighted by atomic mass is 16.1. The van der Waals surface area contributed by atoms with Crippen LogP contribution in [0, 0.1) is 13.8 Å². The smallest absolute Gasteiger partial charge is 0.259 e. The second-order valence-corrected chi connectivity index (χ2v) is 6.46. The Bertz CT molecular complexity index is 727. The highest BCUT2D eigenvalue weighted by Gasteiger charge is 2.18. The second kappa shape index (κ2) is 6.65. The number of hydrogen-bond acceptors (Lipinski definition) is 4. The normalized spacial score (nSPS) is 15.6. The van der Waals surface area contributed by atoms with Crippen molar-refractivity contribution in [1.29, 1.82) is 0 Å². The van der Waals surface area contributed by atoms with E-state index in [1.165, 1.54) is 5.69 Å². The lowest BCUT2D eigenvalue weighted by Gasteiger charge is -2.34. The maximum absolute atomic E-state index is 12.5. The van der Waals surface area contributed by atoms with Crippen LogP contribution in [0.1, 0.15) is 21.7 Å². The number of likely N-dealkylation sites (N-methyl/N-ethyl adjacent to an activating group) is 1. The van der Waals surface area contributed by atoms with E-state index < -0.39 is 0 Å². The first-order valence-electron chi connectivity index (χ1n) is 8.31. The van der Waals surface area contributed by atoms with Crippen molar-refractivity contribution in [3.63, 3.8) is 0 Å². The number of carbonyl (C=O) groups excluding carboxylic acids is 1. The fourth-order valence-electron chi connectivity index (χ4n) is 3.12. The van der Waals surface area contributed by atoms with Crippen molar-refractivity contribution in [2.45, 2.75) is 13.8 Å². The zero-order valence-electron chi connectivity index (χ0n) is 14.8. The van der Waals surface area contributed by atoms with Gasteiger partial charge in [-0.15, -0.1) is 0 Å². The average Bonchev–Trinajstić information content (AvgIpc) is 2.81. The fourth-order valence-corrected chi connectivity index (χ4v) is 3.12. The maximum atomic E-state index is 12.5. The molecule has 0 saturated carbocycles. The number of aromatic nitrogens is 2. The van der Waals surface area contributed by atoms with Crippen LogP contribution in [0.25, 0.3) is 0 Å². The number of piperazine rings is 1. The number of benzene rings is 1. The third kappa shape index (κ3) is 3.28. The number of aryl methyl sites for hydroxylation is 2. The van der Waals surface area contributed by atoms with Gasteiger partial charge in [0.15, 0.2) is 0 Å². The Kier molecular flexibility index (Phi) is 4.57. The molecule has 0 atom stereocenters. The topological polar surface area (TPSA) is 53.4 Å².